The monoisotopic (exact) mass is 422 g/mol. The lowest BCUT2D eigenvalue weighted by molar-refractivity contribution is 0.104. The second-order valence-corrected chi connectivity index (χ2v) is 8.50. The van der Waals surface area contributed by atoms with E-state index in [1.807, 2.05) is 49.4 Å². The number of likely N-dealkylation sites (N-methyl/N-ethyl adjacent to an activating group) is 1. The molecule has 1 saturated heterocycles. The van der Waals surface area contributed by atoms with Crippen molar-refractivity contribution in [3.05, 3.63) is 64.5 Å². The van der Waals surface area contributed by atoms with Gasteiger partial charge in [0.05, 0.1) is 0 Å². The number of nitrogens with one attached hydrogen (secondary N) is 1. The van der Waals surface area contributed by atoms with Gasteiger partial charge in [0.2, 0.25) is 5.78 Å². The van der Waals surface area contributed by atoms with Crippen molar-refractivity contribution >= 4 is 33.8 Å². The molecular weight excluding hydrogens is 396 g/mol. The molecule has 1 atom stereocenters. The summed E-state index contributed by atoms with van der Waals surface area (Å²) >= 11 is 1.26. The first-order valence-electron chi connectivity index (χ1n) is 10.2. The molecule has 1 fully saturated rings. The third-order valence-electron chi connectivity index (χ3n) is 5.22. The molecule has 0 spiro atoms. The van der Waals surface area contributed by atoms with Crippen LogP contribution in [-0.4, -0.2) is 41.4 Å². The number of hydrogen-bond donors (Lipinski definition) is 2. The van der Waals surface area contributed by atoms with Gasteiger partial charge in [-0.25, -0.2) is 4.98 Å². The van der Waals surface area contributed by atoms with E-state index in [0.717, 1.165) is 43.1 Å². The number of thiazole rings is 1. The Balaban J connectivity index is 1.41. The van der Waals surface area contributed by atoms with Crippen molar-refractivity contribution in [2.45, 2.75) is 26.4 Å². The quantitative estimate of drug-likeness (QED) is 0.547. The molecule has 3 N–H and O–H groups in total. The van der Waals surface area contributed by atoms with Gasteiger partial charge in [-0.15, -0.1) is 0 Å². The Kier molecular flexibility index (Phi) is 6.01. The van der Waals surface area contributed by atoms with E-state index < -0.39 is 0 Å². The van der Waals surface area contributed by atoms with Crippen molar-refractivity contribution in [1.29, 1.82) is 0 Å². The van der Waals surface area contributed by atoms with Crippen LogP contribution in [0.25, 0.3) is 0 Å². The normalized spacial score (nSPS) is 16.5. The van der Waals surface area contributed by atoms with Crippen LogP contribution in [0.4, 0.5) is 16.6 Å². The van der Waals surface area contributed by atoms with Gasteiger partial charge in [0.15, 0.2) is 5.13 Å². The number of benzene rings is 2. The van der Waals surface area contributed by atoms with Crippen LogP contribution >= 0.6 is 11.3 Å². The van der Waals surface area contributed by atoms with Crippen LogP contribution in [0.5, 0.6) is 5.75 Å². The van der Waals surface area contributed by atoms with Crippen LogP contribution in [0, 0.1) is 6.92 Å². The highest BCUT2D eigenvalue weighted by Crippen LogP contribution is 2.30. The maximum Gasteiger partial charge on any atom is 0.206 e. The van der Waals surface area contributed by atoms with Gasteiger partial charge in [0.1, 0.15) is 22.5 Å². The lowest BCUT2D eigenvalue weighted by atomic mass is 10.1. The zero-order valence-electron chi connectivity index (χ0n) is 17.2. The Morgan fingerprint density at radius 1 is 1.30 bits per heavy atom. The molecule has 0 aliphatic carbocycles. The summed E-state index contributed by atoms with van der Waals surface area (Å²) in [5, 5.41) is 3.82. The summed E-state index contributed by atoms with van der Waals surface area (Å²) < 4.78 is 6.08. The van der Waals surface area contributed by atoms with Crippen molar-refractivity contribution in [3.63, 3.8) is 0 Å². The Hall–Kier alpha value is -2.90. The number of nitrogen functional groups attached to an aromatic ring is 1. The fourth-order valence-electron chi connectivity index (χ4n) is 3.58. The number of rotatable bonds is 7. The van der Waals surface area contributed by atoms with Crippen molar-refractivity contribution in [2.24, 2.45) is 0 Å². The molecule has 1 aliphatic heterocycles. The largest absolute Gasteiger partial charge is 0.489 e. The summed E-state index contributed by atoms with van der Waals surface area (Å²) in [4.78, 5) is 19.9. The van der Waals surface area contributed by atoms with Gasteiger partial charge in [0.25, 0.3) is 0 Å². The summed E-state index contributed by atoms with van der Waals surface area (Å²) in [7, 11) is 0. The van der Waals surface area contributed by atoms with E-state index in [0.29, 0.717) is 15.6 Å². The zero-order chi connectivity index (χ0) is 21.1. The Morgan fingerprint density at radius 2 is 2.10 bits per heavy atom. The van der Waals surface area contributed by atoms with E-state index in [-0.39, 0.29) is 17.7 Å². The highest BCUT2D eigenvalue weighted by molar-refractivity contribution is 7.18. The Morgan fingerprint density at radius 3 is 2.80 bits per heavy atom. The Labute approximate surface area is 180 Å². The number of anilines is 3. The smallest absolute Gasteiger partial charge is 0.206 e. The standard InChI is InChI=1S/C23H26N4O2S/c1-3-27-12-11-19(14-27)29-18-9-7-17(8-10-18)25-23-26-22(24)21(30-23)20(28)16-6-4-5-15(2)13-16/h4-10,13,19H,3,11-12,14,24H2,1-2H3,(H,25,26). The topological polar surface area (TPSA) is 80.5 Å². The van der Waals surface area contributed by atoms with E-state index in [1.165, 1.54) is 11.3 Å². The van der Waals surface area contributed by atoms with Crippen molar-refractivity contribution < 1.29 is 9.53 Å². The van der Waals surface area contributed by atoms with Gasteiger partial charge >= 0.3 is 0 Å². The molecule has 1 aromatic heterocycles. The minimum absolute atomic E-state index is 0.108. The van der Waals surface area contributed by atoms with E-state index in [9.17, 15) is 4.79 Å². The molecule has 1 aliphatic rings. The number of ketones is 1. The van der Waals surface area contributed by atoms with Crippen LogP contribution in [-0.2, 0) is 0 Å². The van der Waals surface area contributed by atoms with E-state index >= 15 is 0 Å². The highest BCUT2D eigenvalue weighted by Gasteiger charge is 2.22. The number of carbonyl (C=O) groups is 1. The highest BCUT2D eigenvalue weighted by atomic mass is 32.1. The molecule has 0 amide bonds. The number of carbonyl (C=O) groups excluding carboxylic acids is 1. The molecule has 0 radical (unpaired) electrons. The van der Waals surface area contributed by atoms with Gasteiger partial charge in [-0.2, -0.15) is 0 Å². The average Bonchev–Trinajstić information content (AvgIpc) is 3.35. The zero-order valence-corrected chi connectivity index (χ0v) is 18.0. The van der Waals surface area contributed by atoms with Gasteiger partial charge in [0, 0.05) is 24.3 Å². The van der Waals surface area contributed by atoms with Gasteiger partial charge < -0.3 is 15.8 Å². The number of likely N-dealkylation sites (tertiary alicyclic amines) is 1. The summed E-state index contributed by atoms with van der Waals surface area (Å²) in [6.07, 6.45) is 1.31. The predicted octanol–water partition coefficient (Wildman–Crippen LogP) is 4.48. The summed E-state index contributed by atoms with van der Waals surface area (Å²) in [5.74, 6) is 0.997. The molecule has 156 valence electrons. The first-order valence-corrected chi connectivity index (χ1v) is 11.0. The molecule has 4 rings (SSSR count). The Bertz CT molecular complexity index is 1030. The SMILES string of the molecule is CCN1CCC(Oc2ccc(Nc3nc(N)c(C(=O)c4cccc(C)c4)s3)cc2)C1. The third kappa shape index (κ3) is 4.63. The average molecular weight is 423 g/mol. The molecule has 7 heteroatoms. The molecule has 3 aromatic rings. The molecule has 0 bridgehead atoms. The van der Waals surface area contributed by atoms with Crippen molar-refractivity contribution in [1.82, 2.24) is 9.88 Å². The van der Waals surface area contributed by atoms with Crippen molar-refractivity contribution in [2.75, 3.05) is 30.7 Å². The van der Waals surface area contributed by atoms with E-state index in [1.54, 1.807) is 6.07 Å². The second-order valence-electron chi connectivity index (χ2n) is 7.50. The molecular formula is C23H26N4O2S. The van der Waals surface area contributed by atoms with E-state index in [4.69, 9.17) is 10.5 Å². The van der Waals surface area contributed by atoms with Crippen LogP contribution in [0.15, 0.2) is 48.5 Å². The van der Waals surface area contributed by atoms with E-state index in [2.05, 4.69) is 22.1 Å². The number of ether oxygens (including phenoxy) is 1. The molecule has 2 aromatic carbocycles. The summed E-state index contributed by atoms with van der Waals surface area (Å²) in [5.41, 5.74) is 8.54. The lowest BCUT2D eigenvalue weighted by Gasteiger charge is -2.15. The summed E-state index contributed by atoms with van der Waals surface area (Å²) in [6, 6.07) is 15.3. The van der Waals surface area contributed by atoms with Crippen LogP contribution < -0.4 is 15.8 Å². The van der Waals surface area contributed by atoms with Crippen LogP contribution in [0.1, 0.15) is 34.1 Å². The lowest BCUT2D eigenvalue weighted by Crippen LogP contribution is -2.24. The number of aromatic nitrogens is 1. The first kappa shape index (κ1) is 20.4. The second kappa shape index (κ2) is 8.85. The molecule has 30 heavy (non-hydrogen) atoms. The number of nitrogens with zero attached hydrogens (tertiary/aromatic N) is 2. The first-order chi connectivity index (χ1) is 14.5. The molecule has 2 heterocycles. The third-order valence-corrected chi connectivity index (χ3v) is 6.21. The fraction of sp³-hybridized carbons (Fsp3) is 0.304. The molecule has 0 saturated carbocycles. The number of nitrogens with two attached hydrogens (primary N) is 1. The molecule has 6 nitrogen and oxygen atoms in total. The van der Waals surface area contributed by atoms with Crippen LogP contribution in [0.2, 0.25) is 0 Å². The number of hydrogen-bond acceptors (Lipinski definition) is 7. The fourth-order valence-corrected chi connectivity index (χ4v) is 4.45. The molecule has 1 unspecified atom stereocenters. The maximum absolute atomic E-state index is 12.8. The minimum atomic E-state index is -0.108. The van der Waals surface area contributed by atoms with Crippen molar-refractivity contribution in [3.8, 4) is 5.75 Å². The van der Waals surface area contributed by atoms with Gasteiger partial charge in [-0.1, -0.05) is 42.0 Å². The predicted molar refractivity (Wildman–Crippen MR) is 122 cm³/mol. The number of aryl methyl sites for hydroxylation is 1. The maximum atomic E-state index is 12.8. The van der Waals surface area contributed by atoms with Gasteiger partial charge in [-0.3, -0.25) is 9.69 Å². The summed E-state index contributed by atoms with van der Waals surface area (Å²) in [6.45, 7) is 7.27. The van der Waals surface area contributed by atoms with Gasteiger partial charge in [-0.05, 0) is 50.2 Å². The van der Waals surface area contributed by atoms with Crippen LogP contribution in [0.3, 0.4) is 0 Å². The minimum Gasteiger partial charge on any atom is -0.489 e.